The largest absolute Gasteiger partial charge is 0.432 e. The predicted octanol–water partition coefficient (Wildman–Crippen LogP) is -7.55. The molecule has 10 fully saturated rings. The van der Waals surface area contributed by atoms with Gasteiger partial charge in [0.1, 0.15) is 115 Å². The van der Waals surface area contributed by atoms with E-state index in [0.717, 1.165) is 5.57 Å². The number of allylic oxidation sites excluding steroid dienone is 2. The van der Waals surface area contributed by atoms with Gasteiger partial charge in [-0.2, -0.15) is 0 Å². The second kappa shape index (κ2) is 27.9. The Morgan fingerprint density at radius 3 is 1.76 bits per heavy atom. The highest BCUT2D eigenvalue weighted by atomic mass is 16.8. The second-order valence-electron chi connectivity index (χ2n) is 30.7. The van der Waals surface area contributed by atoms with E-state index >= 15 is 4.79 Å². The Bertz CT molecular complexity index is 2710. The van der Waals surface area contributed by atoms with Crippen molar-refractivity contribution in [3.8, 4) is 0 Å². The van der Waals surface area contributed by atoms with Crippen molar-refractivity contribution < 1.29 is 164 Å². The van der Waals surface area contributed by atoms with Crippen LogP contribution in [0.2, 0.25) is 0 Å². The van der Waals surface area contributed by atoms with Gasteiger partial charge in [0.15, 0.2) is 37.6 Å². The molecule has 6 saturated heterocycles. The smallest absolute Gasteiger partial charge is 0.317 e. The predicted molar refractivity (Wildman–Crippen MR) is 314 cm³/mol. The molecular formula is C63H102O33. The minimum Gasteiger partial charge on any atom is -0.432 e. The molecule has 0 radical (unpaired) electrons. The van der Waals surface area contributed by atoms with Crippen LogP contribution in [0.15, 0.2) is 11.6 Å². The maximum atomic E-state index is 15.6. The van der Waals surface area contributed by atoms with Crippen LogP contribution in [-0.4, -0.2) is 339 Å². The molecule has 11 rings (SSSR count). The van der Waals surface area contributed by atoms with Crippen molar-refractivity contribution >= 4 is 5.97 Å². The van der Waals surface area contributed by atoms with Gasteiger partial charge in [-0.3, -0.25) is 4.79 Å². The minimum absolute atomic E-state index is 0.00569. The van der Waals surface area contributed by atoms with Gasteiger partial charge < -0.3 is 159 Å². The van der Waals surface area contributed by atoms with E-state index in [2.05, 4.69) is 33.8 Å². The van der Waals surface area contributed by atoms with Crippen molar-refractivity contribution in [3.05, 3.63) is 11.6 Å². The molecule has 96 heavy (non-hydrogen) atoms. The van der Waals surface area contributed by atoms with E-state index in [4.69, 9.17) is 56.8 Å². The Kier molecular flexibility index (Phi) is 21.8. The van der Waals surface area contributed by atoms with Crippen molar-refractivity contribution in [2.75, 3.05) is 52.9 Å². The molecule has 6 aliphatic heterocycles. The van der Waals surface area contributed by atoms with E-state index in [-0.39, 0.29) is 25.2 Å². The number of rotatable bonds is 17. The number of ether oxygens (including phenoxy) is 12. The van der Waals surface area contributed by atoms with Crippen molar-refractivity contribution in [1.29, 1.82) is 0 Å². The minimum atomic E-state index is -2.09. The van der Waals surface area contributed by atoms with E-state index < -0.39 is 281 Å². The monoisotopic (exact) mass is 1390 g/mol. The number of fused-ring (bicyclic) bond motifs is 7. The number of carbonyl (C=O) groups excluding carboxylic acids is 1. The molecule has 552 valence electrons. The topological polar surface area (TPSA) is 532 Å². The summed E-state index contributed by atoms with van der Waals surface area (Å²) >= 11 is 0. The van der Waals surface area contributed by atoms with Gasteiger partial charge in [0.05, 0.1) is 77.3 Å². The van der Waals surface area contributed by atoms with Gasteiger partial charge in [-0.15, -0.1) is 0 Å². The van der Waals surface area contributed by atoms with Gasteiger partial charge in [0, 0.05) is 5.41 Å². The molecule has 5 aliphatic carbocycles. The summed E-state index contributed by atoms with van der Waals surface area (Å²) in [6, 6.07) is 0. The molecule has 33 heteroatoms. The van der Waals surface area contributed by atoms with E-state index in [1.807, 2.05) is 6.92 Å². The average molecular weight is 1390 g/mol. The summed E-state index contributed by atoms with van der Waals surface area (Å²) in [7, 11) is 0. The number of esters is 1. The lowest BCUT2D eigenvalue weighted by Crippen LogP contribution is -2.72. The van der Waals surface area contributed by atoms with Crippen LogP contribution in [-0.2, 0) is 61.6 Å². The first kappa shape index (κ1) is 75.1. The van der Waals surface area contributed by atoms with E-state index in [1.54, 1.807) is 0 Å². The molecule has 0 aromatic carbocycles. The highest BCUT2D eigenvalue weighted by Gasteiger charge is 2.74. The molecule has 0 spiro atoms. The standard InChI is InChI=1S/C63H102O33/c1-24-44(91-50-42(80)45(29(71)19-85-50)92-55-48(82)62(84,22-68)23-87-55)39(77)41(79)51(88-24)94-47-35(73)28(70)18-86-54(47)96-56(83)63-12-11-57(2,3)13-26(63)25-7-8-32-58(4)14-27(69)49(61(20-66,21-67)33(58)9-10-59(32,5)60(25,6)15-34(63)72)95-53-43(81)46(37(75)31(17-65)90-53)93-52-40(78)38(76)36(74)30(16-64)89-52/h7,24,26-55,64-82,84H,8-23H2,1-6H3/t24-,26-,27-,28-,29+,30+,31+,32-,33+,34-,35-,36+,37+,38-,39-,40+,41+,42+,43+,44-,45-,46-,47+,48-,49-,50-,51-,52-,53-,54+,55-,58+,59+,60+,62+,63+/m0/s1. The summed E-state index contributed by atoms with van der Waals surface area (Å²) < 4.78 is 70.3. The normalized spacial score (nSPS) is 54.0. The van der Waals surface area contributed by atoms with Gasteiger partial charge in [-0.05, 0) is 97.7 Å². The second-order valence-corrected chi connectivity index (χ2v) is 30.7. The van der Waals surface area contributed by atoms with Crippen LogP contribution in [0.25, 0.3) is 0 Å². The summed E-state index contributed by atoms with van der Waals surface area (Å²) in [4.78, 5) is 15.6. The van der Waals surface area contributed by atoms with Crippen LogP contribution in [0.3, 0.4) is 0 Å². The first-order valence-corrected chi connectivity index (χ1v) is 33.4. The van der Waals surface area contributed by atoms with E-state index in [0.29, 0.717) is 32.1 Å². The van der Waals surface area contributed by atoms with Crippen molar-refractivity contribution in [3.63, 3.8) is 0 Å². The first-order valence-electron chi connectivity index (χ1n) is 33.4. The molecule has 6 heterocycles. The van der Waals surface area contributed by atoms with Crippen LogP contribution >= 0.6 is 0 Å². The number of hydrogen-bond acceptors (Lipinski definition) is 33. The lowest BCUT2D eigenvalue weighted by Gasteiger charge is -2.72. The molecule has 0 aromatic heterocycles. The average Bonchev–Trinajstić information content (AvgIpc) is 0.691. The van der Waals surface area contributed by atoms with Gasteiger partial charge in [-0.25, -0.2) is 0 Å². The molecule has 36 atom stereocenters. The van der Waals surface area contributed by atoms with E-state index in [9.17, 15) is 102 Å². The first-order chi connectivity index (χ1) is 45.1. The maximum absolute atomic E-state index is 15.6. The fourth-order valence-electron chi connectivity index (χ4n) is 18.9. The summed E-state index contributed by atoms with van der Waals surface area (Å²) in [6.07, 6.45) is -43.6. The van der Waals surface area contributed by atoms with Crippen LogP contribution in [0.4, 0.5) is 0 Å². The summed E-state index contributed by atoms with van der Waals surface area (Å²) in [6.45, 7) is 6.04. The zero-order valence-corrected chi connectivity index (χ0v) is 54.5. The van der Waals surface area contributed by atoms with Crippen molar-refractivity contribution in [2.24, 2.45) is 50.2 Å². The van der Waals surface area contributed by atoms with Gasteiger partial charge in [-0.1, -0.05) is 46.3 Å². The lowest BCUT2D eigenvalue weighted by atomic mass is 9.33. The summed E-state index contributed by atoms with van der Waals surface area (Å²) in [5, 5.41) is 222. The molecule has 0 aromatic rings. The van der Waals surface area contributed by atoms with Gasteiger partial charge >= 0.3 is 5.97 Å². The van der Waals surface area contributed by atoms with Gasteiger partial charge in [0.25, 0.3) is 0 Å². The molecule has 0 unspecified atom stereocenters. The Morgan fingerprint density at radius 2 is 1.11 bits per heavy atom. The van der Waals surface area contributed by atoms with Crippen LogP contribution in [0.5, 0.6) is 0 Å². The van der Waals surface area contributed by atoms with Crippen molar-refractivity contribution in [1.82, 2.24) is 0 Å². The zero-order valence-electron chi connectivity index (χ0n) is 54.5. The fraction of sp³-hybridized carbons (Fsp3) is 0.952. The number of hydrogen-bond donors (Lipinski definition) is 20. The third-order valence-electron chi connectivity index (χ3n) is 24.7. The Morgan fingerprint density at radius 1 is 0.531 bits per heavy atom. The highest BCUT2D eigenvalue weighted by Crippen LogP contribution is 2.76. The number of aliphatic hydroxyl groups excluding tert-OH is 19. The Hall–Kier alpha value is -2.03. The molecule has 11 aliphatic rings. The van der Waals surface area contributed by atoms with E-state index in [1.165, 1.54) is 6.92 Å². The van der Waals surface area contributed by atoms with Crippen LogP contribution in [0, 0.1) is 50.2 Å². The highest BCUT2D eigenvalue weighted by molar-refractivity contribution is 5.80. The van der Waals surface area contributed by atoms with Crippen LogP contribution in [0.1, 0.15) is 92.9 Å². The molecule has 0 amide bonds. The molecule has 33 nitrogen and oxygen atoms in total. The molecule has 0 bridgehead atoms. The third-order valence-corrected chi connectivity index (χ3v) is 24.7. The summed E-state index contributed by atoms with van der Waals surface area (Å²) in [5.41, 5.74) is -7.41. The zero-order chi connectivity index (χ0) is 70.1. The van der Waals surface area contributed by atoms with Crippen molar-refractivity contribution in [2.45, 2.75) is 271 Å². The SMILES string of the molecule is C[C@@H]1O[C@@H](O[C@H]2[C@@H](OC(=O)[C@]34CCC(C)(C)C[C@H]3C3=CC[C@H]5[C@@]6(C)C[C@H](O)[C@H](O[C@@H]7O[C@H](CO)[C@@H](O)[C@H](O[C@@H]8O[C@H](CO)[C@@H](O)[C@H](O)[C@H]8O)[C@H]7O)C(CO)(CO)[C@@H]6CC[C@@]5(C)[C@]3(C)C[C@@H]4O)OC[C@H](O)[C@@H]2O)[C@H](O)[C@H](O)[C@H]1O[C@@H]1OC[C@@H](O)[C@H](O[C@@H]2OC[C@](O)(CO)[C@H]2O)[C@H]1O. The van der Waals surface area contributed by atoms with Crippen LogP contribution < -0.4 is 0 Å². The Balaban J connectivity index is 0.804. The number of carbonyl (C=O) groups is 1. The fourth-order valence-corrected chi connectivity index (χ4v) is 18.9. The number of aliphatic hydroxyl groups is 20. The molecular weight excluding hydrogens is 1280 g/mol. The van der Waals surface area contributed by atoms with Gasteiger partial charge in [0.2, 0.25) is 6.29 Å². The Labute approximate surface area is 553 Å². The lowest BCUT2D eigenvalue weighted by molar-refractivity contribution is -0.377. The maximum Gasteiger partial charge on any atom is 0.317 e. The summed E-state index contributed by atoms with van der Waals surface area (Å²) in [5.74, 6) is -2.53. The quantitative estimate of drug-likeness (QED) is 0.0365. The molecule has 20 N–H and O–H groups in total. The molecule has 4 saturated carbocycles. The third kappa shape index (κ3) is 12.3.